The first kappa shape index (κ1) is 15.7. The van der Waals surface area contributed by atoms with E-state index in [4.69, 9.17) is 34.8 Å². The van der Waals surface area contributed by atoms with Gasteiger partial charge in [-0.1, -0.05) is 39.7 Å². The Morgan fingerprint density at radius 2 is 1.84 bits per heavy atom. The van der Waals surface area contributed by atoms with Crippen molar-refractivity contribution in [2.24, 2.45) is 0 Å². The fraction of sp³-hybridized carbons (Fsp3) is 0.286. The van der Waals surface area contributed by atoms with Gasteiger partial charge in [0.1, 0.15) is 0 Å². The highest BCUT2D eigenvalue weighted by Crippen LogP contribution is 2.35. The van der Waals surface area contributed by atoms with Gasteiger partial charge in [-0.05, 0) is 36.2 Å². The number of thiophene rings is 1. The first-order valence-corrected chi connectivity index (χ1v) is 8.77. The standard InChI is InChI=1S/C14H12BrCl3S/c15-11-3-1-2-10(6-11)14(8-16,9-17)7-12-4-5-13(18)19-12/h1-6H,7-9H2. The molecule has 0 saturated carbocycles. The molecule has 102 valence electrons. The minimum absolute atomic E-state index is 0.263. The Kier molecular flexibility index (Phi) is 5.62. The summed E-state index contributed by atoms with van der Waals surface area (Å²) in [6.45, 7) is 0. The molecule has 1 aromatic carbocycles. The van der Waals surface area contributed by atoms with Gasteiger partial charge in [-0.3, -0.25) is 0 Å². The number of hydrogen-bond acceptors (Lipinski definition) is 1. The lowest BCUT2D eigenvalue weighted by molar-refractivity contribution is 0.541. The van der Waals surface area contributed by atoms with E-state index in [-0.39, 0.29) is 5.41 Å². The van der Waals surface area contributed by atoms with Crippen molar-refractivity contribution in [3.8, 4) is 0 Å². The lowest BCUT2D eigenvalue weighted by Gasteiger charge is -2.30. The van der Waals surface area contributed by atoms with E-state index in [1.165, 1.54) is 4.88 Å². The van der Waals surface area contributed by atoms with Gasteiger partial charge in [-0.15, -0.1) is 34.5 Å². The predicted octanol–water partition coefficient (Wildman–Crippen LogP) is 6.12. The third-order valence-corrected chi connectivity index (χ3v) is 5.84. The van der Waals surface area contributed by atoms with Gasteiger partial charge in [0.15, 0.2) is 0 Å². The van der Waals surface area contributed by atoms with Crippen molar-refractivity contribution >= 4 is 62.1 Å². The van der Waals surface area contributed by atoms with E-state index in [0.29, 0.717) is 11.8 Å². The summed E-state index contributed by atoms with van der Waals surface area (Å²) in [5.74, 6) is 0.949. The summed E-state index contributed by atoms with van der Waals surface area (Å²) in [6.07, 6.45) is 0.799. The molecule has 0 radical (unpaired) electrons. The molecule has 1 aromatic heterocycles. The van der Waals surface area contributed by atoms with E-state index in [1.54, 1.807) is 11.3 Å². The normalized spacial score (nSPS) is 11.8. The molecule has 5 heteroatoms. The molecule has 2 aromatic rings. The molecule has 0 N–H and O–H groups in total. The third-order valence-electron chi connectivity index (χ3n) is 3.09. The molecular weight excluding hydrogens is 386 g/mol. The van der Waals surface area contributed by atoms with Crippen LogP contribution in [0, 0.1) is 0 Å². The fourth-order valence-electron chi connectivity index (χ4n) is 1.99. The van der Waals surface area contributed by atoms with Gasteiger partial charge in [-0.2, -0.15) is 0 Å². The number of alkyl halides is 2. The molecule has 1 heterocycles. The maximum absolute atomic E-state index is 6.24. The van der Waals surface area contributed by atoms with Crippen molar-refractivity contribution < 1.29 is 0 Å². The van der Waals surface area contributed by atoms with Crippen LogP contribution in [0.2, 0.25) is 4.34 Å². The quantitative estimate of drug-likeness (QED) is 0.532. The zero-order valence-corrected chi connectivity index (χ0v) is 14.7. The molecule has 0 saturated heterocycles. The van der Waals surface area contributed by atoms with Crippen LogP contribution in [0.5, 0.6) is 0 Å². The topological polar surface area (TPSA) is 0 Å². The number of halogens is 4. The maximum Gasteiger partial charge on any atom is 0.0931 e. The van der Waals surface area contributed by atoms with Crippen LogP contribution in [0.25, 0.3) is 0 Å². The maximum atomic E-state index is 6.24. The molecule has 0 aliphatic heterocycles. The number of hydrogen-bond donors (Lipinski definition) is 0. The second-order valence-electron chi connectivity index (χ2n) is 4.44. The molecule has 19 heavy (non-hydrogen) atoms. The molecule has 0 aliphatic carbocycles. The van der Waals surface area contributed by atoms with E-state index in [0.717, 1.165) is 20.8 Å². The minimum atomic E-state index is -0.263. The smallest absolute Gasteiger partial charge is 0.0931 e. The summed E-state index contributed by atoms with van der Waals surface area (Å²) in [5.41, 5.74) is 0.887. The second-order valence-corrected chi connectivity index (χ2v) is 7.69. The largest absolute Gasteiger partial charge is 0.128 e. The van der Waals surface area contributed by atoms with E-state index in [1.807, 2.05) is 24.3 Å². The van der Waals surface area contributed by atoms with Crippen LogP contribution in [0.4, 0.5) is 0 Å². The molecule has 0 fully saturated rings. The lowest BCUT2D eigenvalue weighted by Crippen LogP contribution is -2.33. The van der Waals surface area contributed by atoms with Gasteiger partial charge in [0.05, 0.1) is 4.34 Å². The average Bonchev–Trinajstić information content (AvgIpc) is 2.81. The van der Waals surface area contributed by atoms with Gasteiger partial charge < -0.3 is 0 Å². The Bertz CT molecular complexity index is 549. The summed E-state index contributed by atoms with van der Waals surface area (Å²) in [6, 6.07) is 12.1. The molecule has 0 unspecified atom stereocenters. The summed E-state index contributed by atoms with van der Waals surface area (Å²) in [4.78, 5) is 1.20. The van der Waals surface area contributed by atoms with Crippen LogP contribution in [0.15, 0.2) is 40.9 Å². The van der Waals surface area contributed by atoms with Crippen LogP contribution in [0.3, 0.4) is 0 Å². The van der Waals surface area contributed by atoms with Crippen LogP contribution in [-0.2, 0) is 11.8 Å². The predicted molar refractivity (Wildman–Crippen MR) is 90.3 cm³/mol. The molecule has 0 nitrogen and oxygen atoms in total. The Hall–Kier alpha value is 0.270. The molecule has 0 atom stereocenters. The number of rotatable bonds is 5. The summed E-state index contributed by atoms with van der Waals surface area (Å²) < 4.78 is 1.83. The highest BCUT2D eigenvalue weighted by molar-refractivity contribution is 9.10. The Labute approximate surface area is 140 Å². The highest BCUT2D eigenvalue weighted by atomic mass is 79.9. The van der Waals surface area contributed by atoms with Gasteiger partial charge in [0.2, 0.25) is 0 Å². The van der Waals surface area contributed by atoms with Crippen molar-refractivity contribution in [3.63, 3.8) is 0 Å². The van der Waals surface area contributed by atoms with Crippen LogP contribution < -0.4 is 0 Å². The molecule has 0 bridgehead atoms. The first-order chi connectivity index (χ1) is 9.09. The first-order valence-electron chi connectivity index (χ1n) is 5.72. The van der Waals surface area contributed by atoms with Crippen molar-refractivity contribution in [2.75, 3.05) is 11.8 Å². The zero-order valence-electron chi connectivity index (χ0n) is 10.0. The van der Waals surface area contributed by atoms with Crippen molar-refractivity contribution in [2.45, 2.75) is 11.8 Å². The van der Waals surface area contributed by atoms with E-state index < -0.39 is 0 Å². The van der Waals surface area contributed by atoms with Crippen molar-refractivity contribution in [1.29, 1.82) is 0 Å². The summed E-state index contributed by atoms with van der Waals surface area (Å²) in [7, 11) is 0. The van der Waals surface area contributed by atoms with E-state index in [2.05, 4.69) is 28.1 Å². The fourth-order valence-corrected chi connectivity index (χ4v) is 4.40. The highest BCUT2D eigenvalue weighted by Gasteiger charge is 2.31. The molecular formula is C14H12BrCl3S. The molecule has 2 rings (SSSR count). The van der Waals surface area contributed by atoms with Gasteiger partial charge in [-0.25, -0.2) is 0 Å². The van der Waals surface area contributed by atoms with E-state index in [9.17, 15) is 0 Å². The van der Waals surface area contributed by atoms with Gasteiger partial charge in [0.25, 0.3) is 0 Å². The summed E-state index contributed by atoms with van der Waals surface area (Å²) >= 11 is 23.6. The Balaban J connectivity index is 2.37. The van der Waals surface area contributed by atoms with E-state index >= 15 is 0 Å². The molecule has 0 amide bonds. The minimum Gasteiger partial charge on any atom is -0.128 e. The monoisotopic (exact) mass is 396 g/mol. The van der Waals surface area contributed by atoms with Gasteiger partial charge >= 0.3 is 0 Å². The SMILES string of the molecule is ClCC(CCl)(Cc1ccc(Cl)s1)c1cccc(Br)c1. The van der Waals surface area contributed by atoms with Crippen LogP contribution >= 0.6 is 62.1 Å². The van der Waals surface area contributed by atoms with Crippen LogP contribution in [0.1, 0.15) is 10.4 Å². The molecule has 0 spiro atoms. The third kappa shape index (κ3) is 3.68. The zero-order chi connectivity index (χ0) is 13.9. The molecule has 0 aliphatic rings. The van der Waals surface area contributed by atoms with Crippen molar-refractivity contribution in [1.82, 2.24) is 0 Å². The van der Waals surface area contributed by atoms with Crippen molar-refractivity contribution in [3.05, 3.63) is 55.6 Å². The van der Waals surface area contributed by atoms with Crippen LogP contribution in [-0.4, -0.2) is 11.8 Å². The lowest BCUT2D eigenvalue weighted by atomic mass is 9.80. The summed E-state index contributed by atoms with van der Waals surface area (Å²) in [5, 5.41) is 0. The average molecular weight is 399 g/mol. The number of benzene rings is 1. The Morgan fingerprint density at radius 3 is 2.37 bits per heavy atom. The second kappa shape index (κ2) is 6.82. The van der Waals surface area contributed by atoms with Gasteiger partial charge in [0, 0.05) is 26.5 Å². The Morgan fingerprint density at radius 1 is 1.11 bits per heavy atom.